The Kier molecular flexibility index (Phi) is 7.15. The van der Waals surface area contributed by atoms with E-state index in [2.05, 4.69) is 16.7 Å². The molecule has 4 nitrogen and oxygen atoms in total. The van der Waals surface area contributed by atoms with Gasteiger partial charge in [-0.3, -0.25) is 9.80 Å². The van der Waals surface area contributed by atoms with Gasteiger partial charge >= 0.3 is 0 Å². The molecule has 3 atom stereocenters. The summed E-state index contributed by atoms with van der Waals surface area (Å²) in [5, 5.41) is 22.3. The topological polar surface area (TPSA) is 46.9 Å². The van der Waals surface area contributed by atoms with E-state index in [1.807, 2.05) is 24.3 Å². The number of β-amino-alcohol motifs (C(OH)–C–C–N with tert-alkyl or cyclic N) is 2. The van der Waals surface area contributed by atoms with Crippen molar-refractivity contribution in [3.05, 3.63) is 69.7 Å². The summed E-state index contributed by atoms with van der Waals surface area (Å²) in [6.07, 6.45) is -1.06. The first-order valence-corrected chi connectivity index (χ1v) is 10.0. The molecule has 0 radical (unpaired) electrons. The van der Waals surface area contributed by atoms with Gasteiger partial charge in [-0.2, -0.15) is 0 Å². The molecule has 1 aliphatic rings. The van der Waals surface area contributed by atoms with Crippen LogP contribution in [0.3, 0.4) is 0 Å². The highest BCUT2D eigenvalue weighted by Crippen LogP contribution is 2.22. The summed E-state index contributed by atoms with van der Waals surface area (Å²) in [6.45, 7) is 5.94. The Bertz CT molecular complexity index is 724. The SMILES string of the molecule is CC1CN(CC(O)c2ccc(Cl)cc2)CCN1CC(O)c1ccc(Cl)cc1. The highest BCUT2D eigenvalue weighted by molar-refractivity contribution is 6.30. The Morgan fingerprint density at radius 1 is 0.852 bits per heavy atom. The number of benzene rings is 2. The zero-order chi connectivity index (χ0) is 19.4. The molecule has 2 N–H and O–H groups in total. The first-order chi connectivity index (χ1) is 12.9. The van der Waals surface area contributed by atoms with E-state index in [4.69, 9.17) is 23.2 Å². The lowest BCUT2D eigenvalue weighted by atomic mass is 10.1. The Labute approximate surface area is 170 Å². The lowest BCUT2D eigenvalue weighted by Gasteiger charge is -2.41. The highest BCUT2D eigenvalue weighted by atomic mass is 35.5. The summed E-state index contributed by atoms with van der Waals surface area (Å²) in [5.41, 5.74) is 1.76. The van der Waals surface area contributed by atoms with Gasteiger partial charge in [0.2, 0.25) is 0 Å². The van der Waals surface area contributed by atoms with E-state index >= 15 is 0 Å². The van der Waals surface area contributed by atoms with Crippen LogP contribution in [0.25, 0.3) is 0 Å². The molecular formula is C21H26Cl2N2O2. The molecule has 1 saturated heterocycles. The summed E-state index contributed by atoms with van der Waals surface area (Å²) in [5.74, 6) is 0. The van der Waals surface area contributed by atoms with Gasteiger partial charge in [0.05, 0.1) is 12.2 Å². The fourth-order valence-electron chi connectivity index (χ4n) is 3.56. The molecule has 1 fully saturated rings. The normalized spacial score (nSPS) is 21.1. The maximum Gasteiger partial charge on any atom is 0.0917 e. The van der Waals surface area contributed by atoms with Gasteiger partial charge in [0.1, 0.15) is 0 Å². The van der Waals surface area contributed by atoms with Crippen molar-refractivity contribution in [2.24, 2.45) is 0 Å². The molecule has 146 valence electrons. The number of aliphatic hydroxyl groups excluding tert-OH is 2. The van der Waals surface area contributed by atoms with Crippen molar-refractivity contribution in [2.45, 2.75) is 25.2 Å². The Morgan fingerprint density at radius 2 is 1.33 bits per heavy atom. The largest absolute Gasteiger partial charge is 0.387 e. The minimum absolute atomic E-state index is 0.304. The van der Waals surface area contributed by atoms with Gasteiger partial charge in [0, 0.05) is 48.8 Å². The number of aliphatic hydroxyl groups is 2. The van der Waals surface area contributed by atoms with E-state index in [0.717, 1.165) is 30.8 Å². The predicted octanol–water partition coefficient (Wildman–Crippen LogP) is 3.77. The lowest BCUT2D eigenvalue weighted by molar-refractivity contribution is 0.0199. The maximum atomic E-state index is 10.5. The maximum absolute atomic E-state index is 10.5. The average Bonchev–Trinajstić information content (AvgIpc) is 2.65. The van der Waals surface area contributed by atoms with Crippen molar-refractivity contribution in [1.29, 1.82) is 0 Å². The van der Waals surface area contributed by atoms with Gasteiger partial charge in [-0.05, 0) is 42.3 Å². The van der Waals surface area contributed by atoms with Gasteiger partial charge in [0.25, 0.3) is 0 Å². The summed E-state index contributed by atoms with van der Waals surface area (Å²) < 4.78 is 0. The van der Waals surface area contributed by atoms with Crippen LogP contribution in [0.15, 0.2) is 48.5 Å². The third-order valence-corrected chi connectivity index (χ3v) is 5.70. The van der Waals surface area contributed by atoms with E-state index in [1.54, 1.807) is 24.3 Å². The lowest BCUT2D eigenvalue weighted by Crippen LogP contribution is -2.53. The third-order valence-electron chi connectivity index (χ3n) is 5.20. The second kappa shape index (κ2) is 9.37. The third kappa shape index (κ3) is 5.67. The van der Waals surface area contributed by atoms with Gasteiger partial charge in [-0.15, -0.1) is 0 Å². The molecule has 6 heteroatoms. The van der Waals surface area contributed by atoms with Crippen LogP contribution in [-0.4, -0.2) is 58.8 Å². The molecular weight excluding hydrogens is 383 g/mol. The molecule has 1 aliphatic heterocycles. The van der Waals surface area contributed by atoms with Crippen LogP contribution in [-0.2, 0) is 0 Å². The summed E-state index contributed by atoms with van der Waals surface area (Å²) in [4.78, 5) is 4.57. The zero-order valence-corrected chi connectivity index (χ0v) is 16.9. The summed E-state index contributed by atoms with van der Waals surface area (Å²) in [6, 6.07) is 15.0. The second-order valence-electron chi connectivity index (χ2n) is 7.24. The van der Waals surface area contributed by atoms with Crippen LogP contribution < -0.4 is 0 Å². The van der Waals surface area contributed by atoms with Crippen LogP contribution in [0.1, 0.15) is 30.3 Å². The quantitative estimate of drug-likeness (QED) is 0.763. The van der Waals surface area contributed by atoms with E-state index < -0.39 is 12.2 Å². The number of hydrogen-bond acceptors (Lipinski definition) is 4. The molecule has 3 rings (SSSR count). The first kappa shape index (κ1) is 20.6. The van der Waals surface area contributed by atoms with Crippen LogP contribution in [0.4, 0.5) is 0 Å². The molecule has 1 heterocycles. The van der Waals surface area contributed by atoms with Crippen molar-refractivity contribution in [2.75, 3.05) is 32.7 Å². The Hall–Kier alpha value is -1.14. The van der Waals surface area contributed by atoms with E-state index in [0.29, 0.717) is 29.2 Å². The number of piperazine rings is 1. The molecule has 2 aromatic carbocycles. The molecule has 2 aromatic rings. The van der Waals surface area contributed by atoms with Crippen molar-refractivity contribution < 1.29 is 10.2 Å². The van der Waals surface area contributed by atoms with Gasteiger partial charge < -0.3 is 10.2 Å². The van der Waals surface area contributed by atoms with Crippen LogP contribution in [0.2, 0.25) is 10.0 Å². The first-order valence-electron chi connectivity index (χ1n) is 9.26. The highest BCUT2D eigenvalue weighted by Gasteiger charge is 2.27. The number of halogens is 2. The minimum atomic E-state index is -0.532. The molecule has 0 bridgehead atoms. The fourth-order valence-corrected chi connectivity index (χ4v) is 3.81. The predicted molar refractivity (Wildman–Crippen MR) is 110 cm³/mol. The number of nitrogens with zero attached hydrogens (tertiary/aromatic N) is 2. The molecule has 3 unspecified atom stereocenters. The summed E-state index contributed by atoms with van der Waals surface area (Å²) in [7, 11) is 0. The van der Waals surface area contributed by atoms with Gasteiger partial charge in [-0.1, -0.05) is 47.5 Å². The minimum Gasteiger partial charge on any atom is -0.387 e. The van der Waals surface area contributed by atoms with E-state index in [1.165, 1.54) is 0 Å². The van der Waals surface area contributed by atoms with Crippen molar-refractivity contribution >= 4 is 23.2 Å². The average molecular weight is 409 g/mol. The molecule has 0 aromatic heterocycles. The number of rotatable bonds is 6. The van der Waals surface area contributed by atoms with Crippen molar-refractivity contribution in [1.82, 2.24) is 9.80 Å². The van der Waals surface area contributed by atoms with Crippen LogP contribution >= 0.6 is 23.2 Å². The van der Waals surface area contributed by atoms with Crippen molar-refractivity contribution in [3.63, 3.8) is 0 Å². The van der Waals surface area contributed by atoms with Crippen molar-refractivity contribution in [3.8, 4) is 0 Å². The van der Waals surface area contributed by atoms with Gasteiger partial charge in [-0.25, -0.2) is 0 Å². The second-order valence-corrected chi connectivity index (χ2v) is 8.11. The van der Waals surface area contributed by atoms with Crippen LogP contribution in [0.5, 0.6) is 0 Å². The summed E-state index contributed by atoms with van der Waals surface area (Å²) >= 11 is 11.8. The zero-order valence-electron chi connectivity index (χ0n) is 15.4. The molecule has 27 heavy (non-hydrogen) atoms. The Balaban J connectivity index is 1.51. The standard InChI is InChI=1S/C21H26Cl2N2O2/c1-15-12-24(13-20(26)16-2-6-18(22)7-3-16)10-11-25(15)14-21(27)17-4-8-19(23)9-5-17/h2-9,15,20-21,26-27H,10-14H2,1H3. The molecule has 0 amide bonds. The Morgan fingerprint density at radius 3 is 1.81 bits per heavy atom. The fraction of sp³-hybridized carbons (Fsp3) is 0.429. The van der Waals surface area contributed by atoms with E-state index in [-0.39, 0.29) is 0 Å². The number of hydrogen-bond donors (Lipinski definition) is 2. The molecule has 0 spiro atoms. The van der Waals surface area contributed by atoms with Crippen LogP contribution in [0, 0.1) is 0 Å². The van der Waals surface area contributed by atoms with Gasteiger partial charge in [0.15, 0.2) is 0 Å². The smallest absolute Gasteiger partial charge is 0.0917 e. The molecule has 0 aliphatic carbocycles. The van der Waals surface area contributed by atoms with E-state index in [9.17, 15) is 10.2 Å². The molecule has 0 saturated carbocycles. The monoisotopic (exact) mass is 408 g/mol.